The number of nitrogen functional groups attached to an aromatic ring is 1. The molecule has 0 aromatic heterocycles. The second-order valence-electron chi connectivity index (χ2n) is 7.35. The van der Waals surface area contributed by atoms with Crippen LogP contribution in [0, 0.1) is 5.41 Å². The van der Waals surface area contributed by atoms with E-state index in [1.807, 2.05) is 0 Å². The van der Waals surface area contributed by atoms with Crippen LogP contribution in [0.4, 0.5) is 4.79 Å². The number of hydrogen-bond acceptors (Lipinski definition) is 6. The Morgan fingerprint density at radius 2 is 1.41 bits per heavy atom. The number of carbonyl (C=O) groups is 4. The average Bonchev–Trinajstić information content (AvgIpc) is 2.73. The number of nitrogens with zero attached hydrogens (tertiary/aromatic N) is 1. The van der Waals surface area contributed by atoms with E-state index in [2.05, 4.69) is 0 Å². The first-order valence-corrected chi connectivity index (χ1v) is 10.0. The Balaban J connectivity index is 0.00000133. The van der Waals surface area contributed by atoms with Crippen LogP contribution in [-0.2, 0) is 9.59 Å². The molecule has 0 unspecified atom stereocenters. The highest BCUT2D eigenvalue weighted by molar-refractivity contribution is 6.04. The lowest BCUT2D eigenvalue weighted by Crippen LogP contribution is -2.41. The van der Waals surface area contributed by atoms with E-state index in [1.165, 1.54) is 6.92 Å². The highest BCUT2D eigenvalue weighted by Crippen LogP contribution is 2.16. The van der Waals surface area contributed by atoms with Crippen molar-refractivity contribution in [2.75, 3.05) is 0 Å². The number of carbonyl (C=O) groups excluding carboxylic acids is 2. The zero-order valence-corrected chi connectivity index (χ0v) is 19.2. The second kappa shape index (κ2) is 12.5. The van der Waals surface area contributed by atoms with Gasteiger partial charge in [-0.2, -0.15) is 0 Å². The van der Waals surface area contributed by atoms with Crippen molar-refractivity contribution >= 4 is 35.9 Å². The quantitative estimate of drug-likeness (QED) is 0.163. The minimum absolute atomic E-state index is 0.0786. The molecule has 10 nitrogen and oxygen atoms in total. The number of ether oxygens (including phenoxy) is 1. The molecule has 2 amide bonds. The summed E-state index contributed by atoms with van der Waals surface area (Å²) < 4.78 is 5.29. The van der Waals surface area contributed by atoms with Crippen LogP contribution in [0.25, 0.3) is 6.08 Å². The van der Waals surface area contributed by atoms with Gasteiger partial charge in [-0.05, 0) is 68.8 Å². The highest BCUT2D eigenvalue weighted by Gasteiger charge is 2.24. The molecule has 0 saturated carbocycles. The van der Waals surface area contributed by atoms with Crippen LogP contribution in [-0.4, -0.2) is 50.9 Å². The molecule has 0 fully saturated rings. The van der Waals surface area contributed by atoms with Gasteiger partial charge in [0.1, 0.15) is 11.6 Å². The Labute approximate surface area is 196 Å². The Morgan fingerprint density at radius 3 is 1.82 bits per heavy atom. The van der Waals surface area contributed by atoms with Crippen molar-refractivity contribution in [1.82, 2.24) is 4.90 Å². The van der Waals surface area contributed by atoms with E-state index in [1.54, 1.807) is 68.5 Å². The van der Waals surface area contributed by atoms with Crippen molar-refractivity contribution in [3.63, 3.8) is 0 Å². The fraction of sp³-hybridized carbons (Fsp3) is 0.208. The first kappa shape index (κ1) is 27.6. The number of carboxylic acids is 1. The number of nitrogens with two attached hydrogens (primary N) is 1. The molecule has 34 heavy (non-hydrogen) atoms. The Kier molecular flexibility index (Phi) is 10.2. The molecule has 2 rings (SSSR count). The van der Waals surface area contributed by atoms with Gasteiger partial charge >= 0.3 is 12.1 Å². The van der Waals surface area contributed by atoms with Crippen molar-refractivity contribution < 1.29 is 34.1 Å². The maximum Gasteiger partial charge on any atom is 0.414 e. The minimum Gasteiger partial charge on any atom is -0.481 e. The maximum atomic E-state index is 12.4. The number of imide groups is 1. The highest BCUT2D eigenvalue weighted by atomic mass is 16.5. The van der Waals surface area contributed by atoms with Crippen LogP contribution in [0.15, 0.2) is 54.1 Å². The fourth-order valence-electron chi connectivity index (χ4n) is 2.63. The topological polar surface area (TPSA) is 171 Å². The van der Waals surface area contributed by atoms with E-state index < -0.39 is 30.0 Å². The maximum absolute atomic E-state index is 12.4. The number of benzene rings is 2. The largest absolute Gasteiger partial charge is 0.481 e. The van der Waals surface area contributed by atoms with Gasteiger partial charge in [-0.3, -0.25) is 15.0 Å². The number of carboxylic acid groups (broad SMARTS) is 2. The number of aliphatic carboxylic acids is 1. The Morgan fingerprint density at radius 1 is 0.941 bits per heavy atom. The van der Waals surface area contributed by atoms with Gasteiger partial charge in [0.15, 0.2) is 0 Å². The van der Waals surface area contributed by atoms with E-state index in [4.69, 9.17) is 25.8 Å². The lowest BCUT2D eigenvalue weighted by Gasteiger charge is -2.21. The molecule has 0 atom stereocenters. The molecular formula is C24H27N3O7. The molecule has 2 aromatic carbocycles. The number of rotatable bonds is 6. The zero-order chi connectivity index (χ0) is 26.0. The molecule has 0 aliphatic heterocycles. The third-order valence-corrected chi connectivity index (χ3v) is 4.18. The zero-order valence-electron chi connectivity index (χ0n) is 19.2. The van der Waals surface area contributed by atoms with Crippen molar-refractivity contribution in [2.45, 2.75) is 33.7 Å². The number of nitrogens with one attached hydrogen (secondary N) is 1. The molecular weight excluding hydrogens is 442 g/mol. The smallest absolute Gasteiger partial charge is 0.414 e. The normalized spacial score (nSPS) is 10.6. The van der Waals surface area contributed by atoms with Gasteiger partial charge in [0.2, 0.25) is 0 Å². The summed E-state index contributed by atoms with van der Waals surface area (Å²) >= 11 is 0. The average molecular weight is 469 g/mol. The van der Waals surface area contributed by atoms with E-state index in [0.717, 1.165) is 11.8 Å². The number of amidine groups is 1. The summed E-state index contributed by atoms with van der Waals surface area (Å²) in [7, 11) is 0. The predicted molar refractivity (Wildman–Crippen MR) is 126 cm³/mol. The van der Waals surface area contributed by atoms with Crippen molar-refractivity contribution in [1.29, 1.82) is 5.41 Å². The van der Waals surface area contributed by atoms with E-state index in [0.29, 0.717) is 22.4 Å². The standard InChI is InChI=1S/C22H23N3O5.C2H4O2/c1-13(2)25(22(28)29)20(26)14(3)12-15-4-6-17(7-5-15)21(27)30-18-10-8-16(9-11-18)19(23)24;1-2(3)4/h4-13H,1-3H3,(H3,23,24)(H,28,29);1H3,(H,3,4). The SMILES string of the molecule is CC(=Cc1ccc(C(=O)Oc2ccc(C(=N)N)cc2)cc1)C(=O)N(C(=O)O)C(C)C.CC(=O)O. The van der Waals surface area contributed by atoms with Gasteiger partial charge < -0.3 is 20.7 Å². The van der Waals surface area contributed by atoms with Gasteiger partial charge in [0.05, 0.1) is 5.56 Å². The summed E-state index contributed by atoms with van der Waals surface area (Å²) in [6, 6.07) is 12.1. The Hall–Kier alpha value is -4.47. The summed E-state index contributed by atoms with van der Waals surface area (Å²) in [5.41, 5.74) is 7.11. The lowest BCUT2D eigenvalue weighted by atomic mass is 10.1. The molecule has 2 aromatic rings. The molecule has 0 bridgehead atoms. The van der Waals surface area contributed by atoms with Gasteiger partial charge in [-0.1, -0.05) is 12.1 Å². The monoisotopic (exact) mass is 469 g/mol. The van der Waals surface area contributed by atoms with Crippen molar-refractivity contribution in [2.24, 2.45) is 5.73 Å². The van der Waals surface area contributed by atoms with Crippen LogP contribution < -0.4 is 10.5 Å². The van der Waals surface area contributed by atoms with Crippen molar-refractivity contribution in [3.05, 3.63) is 70.8 Å². The molecule has 0 spiro atoms. The molecule has 0 saturated heterocycles. The summed E-state index contributed by atoms with van der Waals surface area (Å²) in [6.07, 6.45) is 0.244. The van der Waals surface area contributed by atoms with Gasteiger partial charge in [0, 0.05) is 24.1 Å². The molecule has 10 heteroatoms. The summed E-state index contributed by atoms with van der Waals surface area (Å²) in [4.78, 5) is 45.7. The second-order valence-corrected chi connectivity index (χ2v) is 7.35. The summed E-state index contributed by atoms with van der Waals surface area (Å²) in [5.74, 6) is -1.76. The van der Waals surface area contributed by atoms with E-state index in [-0.39, 0.29) is 11.4 Å². The van der Waals surface area contributed by atoms with Gasteiger partial charge in [-0.15, -0.1) is 0 Å². The summed E-state index contributed by atoms with van der Waals surface area (Å²) in [5, 5.41) is 24.0. The fourth-order valence-corrected chi connectivity index (χ4v) is 2.63. The van der Waals surface area contributed by atoms with E-state index >= 15 is 0 Å². The van der Waals surface area contributed by atoms with Gasteiger partial charge in [-0.25, -0.2) is 14.5 Å². The molecule has 0 radical (unpaired) electrons. The lowest BCUT2D eigenvalue weighted by molar-refractivity contribution is -0.134. The van der Waals surface area contributed by atoms with Gasteiger partial charge in [0.25, 0.3) is 11.9 Å². The third-order valence-electron chi connectivity index (χ3n) is 4.18. The molecule has 180 valence electrons. The molecule has 5 N–H and O–H groups in total. The molecule has 0 aliphatic rings. The minimum atomic E-state index is -1.31. The summed E-state index contributed by atoms with van der Waals surface area (Å²) in [6.45, 7) is 5.86. The third kappa shape index (κ3) is 8.58. The van der Waals surface area contributed by atoms with E-state index in [9.17, 15) is 19.5 Å². The first-order valence-electron chi connectivity index (χ1n) is 10.0. The van der Waals surface area contributed by atoms with Crippen LogP contribution in [0.1, 0.15) is 49.2 Å². The number of amides is 2. The molecule has 0 heterocycles. The van der Waals surface area contributed by atoms with Crippen LogP contribution in [0.5, 0.6) is 5.75 Å². The molecule has 0 aliphatic carbocycles. The van der Waals surface area contributed by atoms with Crippen LogP contribution in [0.3, 0.4) is 0 Å². The number of hydrogen-bond donors (Lipinski definition) is 4. The first-order chi connectivity index (χ1) is 15.8. The van der Waals surface area contributed by atoms with Crippen LogP contribution in [0.2, 0.25) is 0 Å². The predicted octanol–water partition coefficient (Wildman–Crippen LogP) is 3.60. The Bertz CT molecular complexity index is 1080. The van der Waals surface area contributed by atoms with Crippen molar-refractivity contribution in [3.8, 4) is 5.75 Å². The van der Waals surface area contributed by atoms with Crippen LogP contribution >= 0.6 is 0 Å². The number of esters is 1.